The second kappa shape index (κ2) is 7.90. The fourth-order valence-corrected chi connectivity index (χ4v) is 5.90. The standard InChI is InChI=1S/C26H23NO7/c1-12-10-19(29)18-11-17-15(21(23(18)24(12)32)13-2-4-14(28)5-3-13)6-7-16-22(17)26(34)27(25(16)33)9-8-20(30)31/h2-6,10,16-17,21-22,28H,7-9,11H2,1H3,(H,30,31)/t16-,17+,21-,22-/m0/s1. The number of phenolic OH excluding ortho intramolecular Hbond substituents is 1. The lowest BCUT2D eigenvalue weighted by atomic mass is 9.59. The highest BCUT2D eigenvalue weighted by atomic mass is 16.4. The lowest BCUT2D eigenvalue weighted by molar-refractivity contribution is -0.142. The zero-order valence-corrected chi connectivity index (χ0v) is 18.5. The molecule has 1 aromatic carbocycles. The van der Waals surface area contributed by atoms with Gasteiger partial charge in [0, 0.05) is 29.2 Å². The van der Waals surface area contributed by atoms with Crippen LogP contribution in [0.2, 0.25) is 0 Å². The lowest BCUT2D eigenvalue weighted by Crippen LogP contribution is -2.40. The molecule has 2 amide bonds. The summed E-state index contributed by atoms with van der Waals surface area (Å²) < 4.78 is 0. The van der Waals surface area contributed by atoms with Gasteiger partial charge >= 0.3 is 5.97 Å². The van der Waals surface area contributed by atoms with Gasteiger partial charge in [-0.1, -0.05) is 23.8 Å². The summed E-state index contributed by atoms with van der Waals surface area (Å²) in [4.78, 5) is 64.6. The van der Waals surface area contributed by atoms with Gasteiger partial charge in [0.1, 0.15) is 5.75 Å². The number of carbonyl (C=O) groups is 5. The number of hydrogen-bond donors (Lipinski definition) is 2. The average molecular weight is 461 g/mol. The number of benzene rings is 1. The van der Waals surface area contributed by atoms with Gasteiger partial charge in [0.15, 0.2) is 11.6 Å². The van der Waals surface area contributed by atoms with Gasteiger partial charge in [-0.2, -0.15) is 0 Å². The molecule has 5 rings (SSSR count). The van der Waals surface area contributed by atoms with Crippen LogP contribution in [-0.4, -0.2) is 51.0 Å². The van der Waals surface area contributed by atoms with Gasteiger partial charge in [0.2, 0.25) is 11.8 Å². The molecule has 0 bridgehead atoms. The molecule has 4 atom stereocenters. The van der Waals surface area contributed by atoms with E-state index in [1.807, 2.05) is 6.08 Å². The molecule has 0 saturated carbocycles. The molecule has 1 saturated heterocycles. The van der Waals surface area contributed by atoms with Crippen LogP contribution in [0.3, 0.4) is 0 Å². The van der Waals surface area contributed by atoms with Crippen molar-refractivity contribution in [1.29, 1.82) is 0 Å². The van der Waals surface area contributed by atoms with Gasteiger partial charge in [-0.25, -0.2) is 0 Å². The number of nitrogens with zero attached hydrogens (tertiary/aromatic N) is 1. The molecule has 1 fully saturated rings. The Labute approximate surface area is 195 Å². The molecule has 34 heavy (non-hydrogen) atoms. The largest absolute Gasteiger partial charge is 0.508 e. The number of amides is 2. The Morgan fingerprint density at radius 1 is 1.06 bits per heavy atom. The first-order valence-corrected chi connectivity index (χ1v) is 11.2. The van der Waals surface area contributed by atoms with Crippen LogP contribution in [0.4, 0.5) is 0 Å². The van der Waals surface area contributed by atoms with Gasteiger partial charge in [0.05, 0.1) is 18.3 Å². The van der Waals surface area contributed by atoms with Crippen LogP contribution in [0.15, 0.2) is 58.7 Å². The number of fused-ring (bicyclic) bond motifs is 3. The molecule has 0 aromatic heterocycles. The average Bonchev–Trinajstić information content (AvgIpc) is 3.05. The van der Waals surface area contributed by atoms with E-state index in [0.717, 1.165) is 16.0 Å². The zero-order chi connectivity index (χ0) is 24.3. The Balaban J connectivity index is 1.61. The molecule has 174 valence electrons. The van der Waals surface area contributed by atoms with Crippen molar-refractivity contribution in [2.24, 2.45) is 17.8 Å². The highest BCUT2D eigenvalue weighted by Crippen LogP contribution is 2.55. The summed E-state index contributed by atoms with van der Waals surface area (Å²) in [7, 11) is 0. The van der Waals surface area contributed by atoms with Gasteiger partial charge in [0.25, 0.3) is 0 Å². The van der Waals surface area contributed by atoms with Crippen LogP contribution >= 0.6 is 0 Å². The molecule has 8 nitrogen and oxygen atoms in total. The third-order valence-electron chi connectivity index (χ3n) is 7.43. The predicted molar refractivity (Wildman–Crippen MR) is 118 cm³/mol. The highest BCUT2D eigenvalue weighted by molar-refractivity contribution is 6.23. The van der Waals surface area contributed by atoms with Crippen molar-refractivity contribution in [3.63, 3.8) is 0 Å². The third kappa shape index (κ3) is 3.24. The van der Waals surface area contributed by atoms with Crippen molar-refractivity contribution in [3.8, 4) is 5.75 Å². The van der Waals surface area contributed by atoms with Gasteiger partial charge in [-0.05, 0) is 49.5 Å². The maximum atomic E-state index is 13.3. The third-order valence-corrected chi connectivity index (χ3v) is 7.43. The Morgan fingerprint density at radius 3 is 2.44 bits per heavy atom. The monoisotopic (exact) mass is 461 g/mol. The minimum absolute atomic E-state index is 0.0655. The number of carboxylic acid groups (broad SMARTS) is 1. The Hall–Kier alpha value is -3.81. The van der Waals surface area contributed by atoms with Crippen LogP contribution in [0.25, 0.3) is 0 Å². The topological polar surface area (TPSA) is 129 Å². The number of allylic oxidation sites excluding steroid dienone is 6. The molecule has 1 aromatic rings. The maximum absolute atomic E-state index is 13.3. The number of aliphatic carboxylic acids is 1. The van der Waals surface area contributed by atoms with Gasteiger partial charge < -0.3 is 10.2 Å². The Morgan fingerprint density at radius 2 is 1.76 bits per heavy atom. The Bertz CT molecular complexity index is 1250. The number of carbonyl (C=O) groups excluding carboxylic acids is 4. The van der Waals surface area contributed by atoms with Crippen LogP contribution in [0, 0.1) is 17.8 Å². The number of rotatable bonds is 4. The van der Waals surface area contributed by atoms with E-state index in [1.165, 1.54) is 18.2 Å². The normalized spacial score (nSPS) is 28.3. The van der Waals surface area contributed by atoms with Crippen LogP contribution in [0.5, 0.6) is 5.75 Å². The highest BCUT2D eigenvalue weighted by Gasteiger charge is 2.56. The number of likely N-dealkylation sites (tertiary alicyclic amines) is 1. The van der Waals surface area contributed by atoms with Crippen molar-refractivity contribution in [3.05, 3.63) is 64.3 Å². The molecular formula is C26H23NO7. The molecule has 8 heteroatoms. The van der Waals surface area contributed by atoms with Crippen molar-refractivity contribution >= 4 is 29.4 Å². The summed E-state index contributed by atoms with van der Waals surface area (Å²) in [5.74, 6) is -4.64. The summed E-state index contributed by atoms with van der Waals surface area (Å²) in [6, 6.07) is 6.43. The van der Waals surface area contributed by atoms with E-state index in [4.69, 9.17) is 5.11 Å². The van der Waals surface area contributed by atoms with E-state index in [0.29, 0.717) is 23.1 Å². The molecule has 3 aliphatic carbocycles. The van der Waals surface area contributed by atoms with Gasteiger partial charge in [-0.3, -0.25) is 28.9 Å². The van der Waals surface area contributed by atoms with E-state index >= 15 is 0 Å². The molecule has 0 spiro atoms. The van der Waals surface area contributed by atoms with Crippen molar-refractivity contribution < 1.29 is 34.2 Å². The smallest absolute Gasteiger partial charge is 0.305 e. The first kappa shape index (κ1) is 22.0. The van der Waals surface area contributed by atoms with Crippen LogP contribution in [-0.2, 0) is 24.0 Å². The lowest BCUT2D eigenvalue weighted by Gasteiger charge is -2.42. The molecule has 1 heterocycles. The molecule has 4 aliphatic rings. The van der Waals surface area contributed by atoms with Crippen LogP contribution < -0.4 is 0 Å². The molecule has 0 radical (unpaired) electrons. The molecule has 0 unspecified atom stereocenters. The number of imide groups is 1. The van der Waals surface area contributed by atoms with Crippen molar-refractivity contribution in [2.75, 3.05) is 6.54 Å². The minimum atomic E-state index is -1.09. The SMILES string of the molecule is CC1=CC(=O)C2=C(C1=O)[C@@H](c1ccc(O)cc1)C1=CC[C@@H]3C(=O)N(CCC(=O)O)C(=O)[C@@H]3[C@@H]1C2. The fraction of sp³-hybridized carbons (Fsp3) is 0.346. The number of hydrogen-bond acceptors (Lipinski definition) is 6. The van der Waals surface area contributed by atoms with E-state index in [-0.39, 0.29) is 42.6 Å². The first-order chi connectivity index (χ1) is 16.2. The van der Waals surface area contributed by atoms with E-state index in [9.17, 15) is 29.1 Å². The summed E-state index contributed by atoms with van der Waals surface area (Å²) in [6.07, 6.45) is 3.38. The number of ketones is 2. The number of phenols is 1. The van der Waals surface area contributed by atoms with Crippen molar-refractivity contribution in [2.45, 2.75) is 32.1 Å². The fourth-order valence-electron chi connectivity index (χ4n) is 5.90. The van der Waals surface area contributed by atoms with E-state index in [1.54, 1.807) is 19.1 Å². The molecule has 2 N–H and O–H groups in total. The second-order valence-corrected chi connectivity index (χ2v) is 9.29. The Kier molecular flexibility index (Phi) is 5.11. The predicted octanol–water partition coefficient (Wildman–Crippen LogP) is 2.30. The van der Waals surface area contributed by atoms with E-state index in [2.05, 4.69) is 0 Å². The summed E-state index contributed by atoms with van der Waals surface area (Å²) >= 11 is 0. The number of aromatic hydroxyl groups is 1. The number of carboxylic acids is 1. The molecule has 1 aliphatic heterocycles. The quantitative estimate of drug-likeness (QED) is 0.400. The van der Waals surface area contributed by atoms with Gasteiger partial charge in [-0.15, -0.1) is 0 Å². The zero-order valence-electron chi connectivity index (χ0n) is 18.5. The second-order valence-electron chi connectivity index (χ2n) is 9.29. The van der Waals surface area contributed by atoms with Crippen LogP contribution in [0.1, 0.15) is 37.7 Å². The van der Waals surface area contributed by atoms with Crippen molar-refractivity contribution in [1.82, 2.24) is 4.90 Å². The maximum Gasteiger partial charge on any atom is 0.305 e. The van der Waals surface area contributed by atoms with E-state index < -0.39 is 35.5 Å². The summed E-state index contributed by atoms with van der Waals surface area (Å²) in [5, 5.41) is 18.8. The number of Topliss-reactive ketones (excluding diaryl/α,β-unsaturated/α-hetero) is 1. The molecular weight excluding hydrogens is 438 g/mol. The minimum Gasteiger partial charge on any atom is -0.508 e. The summed E-state index contributed by atoms with van der Waals surface area (Å²) in [5.41, 5.74) is 2.65. The summed E-state index contributed by atoms with van der Waals surface area (Å²) in [6.45, 7) is 1.42. The first-order valence-electron chi connectivity index (χ1n) is 11.2.